The highest BCUT2D eigenvalue weighted by Crippen LogP contribution is 2.25. The fraction of sp³-hybridized carbons (Fsp3) is 0.273. The van der Waals surface area contributed by atoms with Crippen molar-refractivity contribution in [3.63, 3.8) is 0 Å². The van der Waals surface area contributed by atoms with Crippen molar-refractivity contribution in [2.75, 3.05) is 30.8 Å². The molecule has 0 bridgehead atoms. The number of hydrogen-bond donors (Lipinski definition) is 3. The highest BCUT2D eigenvalue weighted by molar-refractivity contribution is 5.99. The van der Waals surface area contributed by atoms with Gasteiger partial charge in [0.1, 0.15) is 11.4 Å². The van der Waals surface area contributed by atoms with Gasteiger partial charge in [-0.3, -0.25) is 9.48 Å². The number of carbonyl (C=O) groups excluding carboxylic acids is 1. The van der Waals surface area contributed by atoms with Crippen LogP contribution in [0.5, 0.6) is 0 Å². The van der Waals surface area contributed by atoms with Crippen LogP contribution in [0.1, 0.15) is 22.9 Å². The van der Waals surface area contributed by atoms with Gasteiger partial charge >= 0.3 is 0 Å². The van der Waals surface area contributed by atoms with Gasteiger partial charge in [-0.1, -0.05) is 12.1 Å². The molecule has 0 unspecified atom stereocenters. The Bertz CT molecular complexity index is 1110. The molecule has 0 saturated heterocycles. The Hall–Kier alpha value is -3.72. The molecule has 4 rings (SSSR count). The first-order chi connectivity index (χ1) is 15.0. The van der Waals surface area contributed by atoms with Gasteiger partial charge < -0.3 is 20.9 Å². The predicted octanol–water partition coefficient (Wildman–Crippen LogP) is 2.85. The minimum absolute atomic E-state index is 0. The zero-order valence-electron chi connectivity index (χ0n) is 17.7. The smallest absolute Gasteiger partial charge is 0.256 e. The summed E-state index contributed by atoms with van der Waals surface area (Å²) in [7, 11) is 3.95. The second-order valence-electron chi connectivity index (χ2n) is 7.58. The number of aryl methyl sites for hydroxylation is 1. The summed E-state index contributed by atoms with van der Waals surface area (Å²) in [5.41, 5.74) is 4.64. The molecule has 1 aliphatic heterocycles. The van der Waals surface area contributed by atoms with Gasteiger partial charge in [-0.15, -0.1) is 6.58 Å². The van der Waals surface area contributed by atoms with Gasteiger partial charge in [-0.2, -0.15) is 10.1 Å². The Labute approximate surface area is 182 Å². The van der Waals surface area contributed by atoms with Gasteiger partial charge in [0.25, 0.3) is 5.91 Å². The average Bonchev–Trinajstić information content (AvgIpc) is 3.16. The number of nitrogens with one attached hydrogen (secondary N) is 3. The van der Waals surface area contributed by atoms with Gasteiger partial charge in [0, 0.05) is 46.2 Å². The molecule has 0 radical (unpaired) electrons. The number of carbonyl (C=O) groups is 1. The average molecular weight is 421 g/mol. The van der Waals surface area contributed by atoms with Crippen molar-refractivity contribution in [1.82, 2.24) is 30.0 Å². The highest BCUT2D eigenvalue weighted by Gasteiger charge is 2.17. The van der Waals surface area contributed by atoms with E-state index in [1.165, 1.54) is 17.3 Å². The first kappa shape index (κ1) is 20.5. The molecule has 3 N–H and O–H groups in total. The molecule has 1 aliphatic rings. The maximum atomic E-state index is 12.6. The molecule has 1 amide bonds. The van der Waals surface area contributed by atoms with E-state index in [9.17, 15) is 4.79 Å². The summed E-state index contributed by atoms with van der Waals surface area (Å²) in [5, 5.41) is 13.3. The quantitative estimate of drug-likeness (QED) is 0.505. The van der Waals surface area contributed by atoms with Crippen LogP contribution in [0.4, 0.5) is 23.1 Å². The molecule has 0 aliphatic carbocycles. The second kappa shape index (κ2) is 8.97. The number of rotatable bonds is 7. The van der Waals surface area contributed by atoms with E-state index in [1.54, 1.807) is 23.2 Å². The molecule has 0 atom stereocenters. The van der Waals surface area contributed by atoms with Crippen LogP contribution >= 0.6 is 0 Å². The Kier molecular flexibility index (Phi) is 5.94. The fourth-order valence-corrected chi connectivity index (χ4v) is 3.49. The maximum Gasteiger partial charge on any atom is 0.256 e. The van der Waals surface area contributed by atoms with E-state index in [1.807, 2.05) is 13.1 Å². The van der Waals surface area contributed by atoms with Gasteiger partial charge in [0.15, 0.2) is 0 Å². The van der Waals surface area contributed by atoms with E-state index in [4.69, 9.17) is 0 Å². The third-order valence-electron chi connectivity index (χ3n) is 5.07. The van der Waals surface area contributed by atoms with Crippen LogP contribution in [0.25, 0.3) is 0 Å². The lowest BCUT2D eigenvalue weighted by molar-refractivity contribution is 0.0958. The summed E-state index contributed by atoms with van der Waals surface area (Å²) in [5.74, 6) is 0.509. The predicted molar refractivity (Wildman–Crippen MR) is 123 cm³/mol. The van der Waals surface area contributed by atoms with Crippen LogP contribution in [0.3, 0.4) is 0 Å². The number of nitrogens with zero attached hydrogens (tertiary/aromatic N) is 5. The minimum atomic E-state index is -0.283. The third-order valence-corrected chi connectivity index (χ3v) is 5.07. The molecule has 0 fully saturated rings. The minimum Gasteiger partial charge on any atom is -0.348 e. The van der Waals surface area contributed by atoms with Crippen LogP contribution in [-0.2, 0) is 20.0 Å². The fourth-order valence-electron chi connectivity index (χ4n) is 3.49. The van der Waals surface area contributed by atoms with Crippen molar-refractivity contribution in [2.24, 2.45) is 7.05 Å². The largest absolute Gasteiger partial charge is 0.348 e. The van der Waals surface area contributed by atoms with E-state index in [0.717, 1.165) is 30.9 Å². The highest BCUT2D eigenvalue weighted by atomic mass is 16.1. The van der Waals surface area contributed by atoms with Crippen molar-refractivity contribution in [1.29, 1.82) is 0 Å². The number of aromatic nitrogens is 4. The molecule has 9 heteroatoms. The number of hydrogen-bond acceptors (Lipinski definition) is 7. The lowest BCUT2D eigenvalue weighted by Gasteiger charge is -2.25. The van der Waals surface area contributed by atoms with E-state index in [-0.39, 0.29) is 7.33 Å². The molecule has 9 nitrogen and oxygen atoms in total. The lowest BCUT2D eigenvalue weighted by atomic mass is 9.99. The van der Waals surface area contributed by atoms with Gasteiger partial charge in [0.2, 0.25) is 5.95 Å². The summed E-state index contributed by atoms with van der Waals surface area (Å²) in [6, 6.07) is 6.32. The molecular formula is C22H28N8O. The number of fused-ring (bicyclic) bond motifs is 1. The maximum absolute atomic E-state index is 12.6. The van der Waals surface area contributed by atoms with E-state index >= 15 is 0 Å². The first-order valence-corrected chi connectivity index (χ1v) is 10.1. The molecule has 1 aromatic carbocycles. The third kappa shape index (κ3) is 4.89. The summed E-state index contributed by atoms with van der Waals surface area (Å²) in [6.45, 7) is 5.98. The molecule has 162 valence electrons. The Morgan fingerprint density at radius 2 is 2.10 bits per heavy atom. The molecule has 2 aromatic heterocycles. The van der Waals surface area contributed by atoms with Crippen molar-refractivity contribution in [3.05, 3.63) is 66.1 Å². The van der Waals surface area contributed by atoms with Gasteiger partial charge in [-0.05, 0) is 36.7 Å². The van der Waals surface area contributed by atoms with E-state index in [2.05, 4.69) is 61.7 Å². The Morgan fingerprint density at radius 1 is 1.23 bits per heavy atom. The molecule has 3 heterocycles. The van der Waals surface area contributed by atoms with Crippen molar-refractivity contribution in [2.45, 2.75) is 13.0 Å². The van der Waals surface area contributed by atoms with Gasteiger partial charge in [-0.25, -0.2) is 4.98 Å². The summed E-state index contributed by atoms with van der Waals surface area (Å²) in [4.78, 5) is 23.8. The number of anilines is 4. The normalized spacial score (nSPS) is 13.4. The zero-order valence-corrected chi connectivity index (χ0v) is 17.7. The van der Waals surface area contributed by atoms with Crippen molar-refractivity contribution in [3.8, 4) is 0 Å². The van der Waals surface area contributed by atoms with E-state index in [0.29, 0.717) is 23.9 Å². The molecule has 0 spiro atoms. The topological polar surface area (TPSA) is 100 Å². The summed E-state index contributed by atoms with van der Waals surface area (Å²) < 4.78 is 1.67. The van der Waals surface area contributed by atoms with E-state index < -0.39 is 0 Å². The molecular weight excluding hydrogens is 392 g/mol. The zero-order chi connectivity index (χ0) is 21.8. The first-order valence-electron chi connectivity index (χ1n) is 10.1. The Morgan fingerprint density at radius 3 is 2.87 bits per heavy atom. The monoisotopic (exact) mass is 420 g/mol. The summed E-state index contributed by atoms with van der Waals surface area (Å²) in [6.07, 6.45) is 7.66. The Balaban J connectivity index is 0.00000289. The lowest BCUT2D eigenvalue weighted by Crippen LogP contribution is -2.26. The molecule has 31 heavy (non-hydrogen) atoms. The van der Waals surface area contributed by atoms with Crippen LogP contribution < -0.4 is 16.0 Å². The standard InChI is InChI=1S/C22H26N8O.H2/c1-4-8-23-21(31)19-12-24-22(28-20(19)26-18-11-25-30(3)14-18)27-17-6-5-15-7-9-29(2)13-16(15)10-17;/h4-6,10-12,14H,1,7-9,13H2,2-3H3,(H,23,31)(H2,24,26,27,28);1H. The van der Waals surface area contributed by atoms with Crippen molar-refractivity contribution >= 4 is 29.0 Å². The van der Waals surface area contributed by atoms with Crippen LogP contribution in [0, 0.1) is 0 Å². The van der Waals surface area contributed by atoms with Crippen LogP contribution in [0.15, 0.2) is 49.4 Å². The summed E-state index contributed by atoms with van der Waals surface area (Å²) >= 11 is 0. The number of benzene rings is 1. The second-order valence-corrected chi connectivity index (χ2v) is 7.58. The molecule has 0 saturated carbocycles. The van der Waals surface area contributed by atoms with Crippen molar-refractivity contribution < 1.29 is 6.22 Å². The SMILES string of the molecule is C=CCNC(=O)c1cnc(Nc2ccc3c(c2)CN(C)CC3)nc1Nc1cnn(C)c1.[HH]. The van der Waals surface area contributed by atoms with Crippen LogP contribution in [-0.4, -0.2) is 50.7 Å². The number of likely N-dealkylation sites (N-methyl/N-ethyl adjacent to an activating group) is 1. The number of amides is 1. The van der Waals surface area contributed by atoms with Gasteiger partial charge in [0.05, 0.1) is 11.9 Å². The van der Waals surface area contributed by atoms with Crippen LogP contribution in [0.2, 0.25) is 0 Å². The molecule has 3 aromatic rings.